The molecule has 2 nitrogen and oxygen atoms in total. The molecule has 0 saturated carbocycles. The van der Waals surface area contributed by atoms with E-state index < -0.39 is 9.84 Å². The third-order valence-corrected chi connectivity index (χ3v) is 9.13. The first kappa shape index (κ1) is 27.9. The first-order chi connectivity index (χ1) is 21.1. The maximum Gasteiger partial charge on any atom is 0.206 e. The Kier molecular flexibility index (Phi) is 8.26. The minimum Gasteiger partial charge on any atom is -0.219 e. The van der Waals surface area contributed by atoms with Crippen LogP contribution in [-0.4, -0.2) is 8.42 Å². The Morgan fingerprint density at radius 2 is 0.605 bits per heavy atom. The van der Waals surface area contributed by atoms with Crippen LogP contribution in [0.2, 0.25) is 0 Å². The van der Waals surface area contributed by atoms with Crippen molar-refractivity contribution in [2.45, 2.75) is 9.79 Å². The zero-order chi connectivity index (χ0) is 29.5. The third-order valence-electron chi connectivity index (χ3n) is 7.34. The molecule has 6 aromatic carbocycles. The molecule has 0 bridgehead atoms. The van der Waals surface area contributed by atoms with Crippen molar-refractivity contribution in [3.63, 3.8) is 0 Å². The molecule has 6 rings (SSSR count). The van der Waals surface area contributed by atoms with Gasteiger partial charge in [0.25, 0.3) is 0 Å². The van der Waals surface area contributed by atoms with Gasteiger partial charge in [-0.3, -0.25) is 0 Å². The van der Waals surface area contributed by atoms with Gasteiger partial charge in [0.2, 0.25) is 9.84 Å². The van der Waals surface area contributed by atoms with E-state index in [0.29, 0.717) is 0 Å². The Labute approximate surface area is 253 Å². The molecule has 0 amide bonds. The fourth-order valence-electron chi connectivity index (χ4n) is 5.09. The third kappa shape index (κ3) is 6.48. The quantitative estimate of drug-likeness (QED) is 0.170. The fourth-order valence-corrected chi connectivity index (χ4v) is 6.35. The molecule has 0 aliphatic carbocycles. The Morgan fingerprint density at radius 1 is 0.349 bits per heavy atom. The molecule has 0 aliphatic heterocycles. The SMILES string of the molecule is O=S(=O)(c1ccc(C=C(c2ccccc2)c2ccccc2)cc1)c1ccc(C=C(c2ccccc2)c2ccccc2)cc1. The van der Waals surface area contributed by atoms with Crippen molar-refractivity contribution in [1.29, 1.82) is 0 Å². The minimum absolute atomic E-state index is 0.267. The first-order valence-corrected chi connectivity index (χ1v) is 15.7. The molecule has 0 fully saturated rings. The van der Waals surface area contributed by atoms with E-state index >= 15 is 0 Å². The summed E-state index contributed by atoms with van der Waals surface area (Å²) in [5, 5.41) is 0. The monoisotopic (exact) mass is 574 g/mol. The molecule has 0 unspecified atom stereocenters. The van der Waals surface area contributed by atoms with E-state index in [2.05, 4.69) is 60.7 Å². The first-order valence-electron chi connectivity index (χ1n) is 14.2. The van der Waals surface area contributed by atoms with Crippen LogP contribution in [0.15, 0.2) is 180 Å². The molecule has 43 heavy (non-hydrogen) atoms. The molecule has 6 aromatic rings. The van der Waals surface area contributed by atoms with Crippen molar-refractivity contribution >= 4 is 33.1 Å². The summed E-state index contributed by atoms with van der Waals surface area (Å²) >= 11 is 0. The van der Waals surface area contributed by atoms with Gasteiger partial charge in [-0.05, 0) is 80.9 Å². The van der Waals surface area contributed by atoms with Crippen LogP contribution in [0, 0.1) is 0 Å². The lowest BCUT2D eigenvalue weighted by Gasteiger charge is -2.10. The van der Waals surface area contributed by atoms with Gasteiger partial charge in [0, 0.05) is 0 Å². The highest BCUT2D eigenvalue weighted by atomic mass is 32.2. The zero-order valence-electron chi connectivity index (χ0n) is 23.5. The lowest BCUT2D eigenvalue weighted by Crippen LogP contribution is -2.02. The summed E-state index contributed by atoms with van der Waals surface area (Å²) in [6, 6.07) is 55.0. The lowest BCUT2D eigenvalue weighted by atomic mass is 9.96. The predicted octanol–water partition coefficient (Wildman–Crippen LogP) is 9.70. The summed E-state index contributed by atoms with van der Waals surface area (Å²) in [6.07, 6.45) is 4.19. The topological polar surface area (TPSA) is 34.1 Å². The Hall–Kier alpha value is -5.25. The number of benzene rings is 6. The molecule has 0 atom stereocenters. The highest BCUT2D eigenvalue weighted by Gasteiger charge is 2.17. The van der Waals surface area contributed by atoms with Crippen LogP contribution < -0.4 is 0 Å². The van der Waals surface area contributed by atoms with Gasteiger partial charge in [0.05, 0.1) is 9.79 Å². The average Bonchev–Trinajstić information content (AvgIpc) is 3.08. The van der Waals surface area contributed by atoms with Crippen molar-refractivity contribution < 1.29 is 8.42 Å². The van der Waals surface area contributed by atoms with Gasteiger partial charge in [0.1, 0.15) is 0 Å². The normalized spacial score (nSPS) is 11.0. The van der Waals surface area contributed by atoms with E-state index in [0.717, 1.165) is 44.5 Å². The largest absolute Gasteiger partial charge is 0.219 e. The van der Waals surface area contributed by atoms with Gasteiger partial charge in [-0.25, -0.2) is 8.42 Å². The van der Waals surface area contributed by atoms with Crippen molar-refractivity contribution in [1.82, 2.24) is 0 Å². The zero-order valence-corrected chi connectivity index (χ0v) is 24.4. The highest BCUT2D eigenvalue weighted by molar-refractivity contribution is 7.91. The Morgan fingerprint density at radius 3 is 0.860 bits per heavy atom. The highest BCUT2D eigenvalue weighted by Crippen LogP contribution is 2.29. The summed E-state index contributed by atoms with van der Waals surface area (Å²) in [7, 11) is -3.68. The van der Waals surface area contributed by atoms with Gasteiger partial charge < -0.3 is 0 Å². The summed E-state index contributed by atoms with van der Waals surface area (Å²) in [4.78, 5) is 0.534. The van der Waals surface area contributed by atoms with E-state index in [1.54, 1.807) is 24.3 Å². The van der Waals surface area contributed by atoms with Crippen LogP contribution in [0.3, 0.4) is 0 Å². The van der Waals surface area contributed by atoms with E-state index in [1.165, 1.54) is 0 Å². The minimum atomic E-state index is -3.68. The van der Waals surface area contributed by atoms with E-state index in [1.807, 2.05) is 97.1 Å². The Bertz CT molecular complexity index is 1730. The van der Waals surface area contributed by atoms with Crippen LogP contribution >= 0.6 is 0 Å². The number of hydrogen-bond acceptors (Lipinski definition) is 2. The van der Waals surface area contributed by atoms with Crippen molar-refractivity contribution in [2.75, 3.05) is 0 Å². The van der Waals surface area contributed by atoms with Crippen molar-refractivity contribution in [3.8, 4) is 0 Å². The second-order valence-electron chi connectivity index (χ2n) is 10.2. The van der Waals surface area contributed by atoms with Crippen LogP contribution in [0.4, 0.5) is 0 Å². The molecule has 0 saturated heterocycles. The standard InChI is InChI=1S/C40H30O2S/c41-43(42,37-25-21-31(22-26-37)29-39(33-13-5-1-6-14-33)34-15-7-2-8-16-34)38-27-23-32(24-28-38)30-40(35-17-9-3-10-18-35)36-19-11-4-12-20-36/h1-30H. The van der Waals surface area contributed by atoms with Crippen LogP contribution in [0.1, 0.15) is 33.4 Å². The van der Waals surface area contributed by atoms with Gasteiger partial charge in [-0.15, -0.1) is 0 Å². The summed E-state index contributed by atoms with van der Waals surface area (Å²) in [5.41, 5.74) is 8.40. The van der Waals surface area contributed by atoms with Crippen molar-refractivity contribution in [3.05, 3.63) is 203 Å². The molecule has 0 aliphatic rings. The summed E-state index contributed by atoms with van der Waals surface area (Å²) in [5.74, 6) is 0. The second kappa shape index (κ2) is 12.7. The molecule has 0 radical (unpaired) electrons. The van der Waals surface area contributed by atoms with Gasteiger partial charge >= 0.3 is 0 Å². The van der Waals surface area contributed by atoms with E-state index in [4.69, 9.17) is 0 Å². The number of sulfone groups is 1. The van der Waals surface area contributed by atoms with Gasteiger partial charge in [-0.2, -0.15) is 0 Å². The van der Waals surface area contributed by atoms with Crippen LogP contribution in [0.5, 0.6) is 0 Å². The smallest absolute Gasteiger partial charge is 0.206 e. The van der Waals surface area contributed by atoms with Crippen LogP contribution in [-0.2, 0) is 9.84 Å². The molecular formula is C40H30O2S. The van der Waals surface area contributed by atoms with Crippen molar-refractivity contribution in [2.24, 2.45) is 0 Å². The summed E-state index contributed by atoms with van der Waals surface area (Å²) < 4.78 is 27.1. The average molecular weight is 575 g/mol. The van der Waals surface area contributed by atoms with Gasteiger partial charge in [-0.1, -0.05) is 146 Å². The molecule has 0 aromatic heterocycles. The fraction of sp³-hybridized carbons (Fsp3) is 0. The molecule has 0 heterocycles. The predicted molar refractivity (Wildman–Crippen MR) is 178 cm³/mol. The number of rotatable bonds is 8. The van der Waals surface area contributed by atoms with E-state index in [9.17, 15) is 8.42 Å². The van der Waals surface area contributed by atoms with Gasteiger partial charge in [0.15, 0.2) is 0 Å². The molecule has 208 valence electrons. The summed E-state index contributed by atoms with van der Waals surface area (Å²) in [6.45, 7) is 0. The van der Waals surface area contributed by atoms with E-state index in [-0.39, 0.29) is 9.79 Å². The maximum absolute atomic E-state index is 13.6. The molecule has 3 heteroatoms. The second-order valence-corrected chi connectivity index (χ2v) is 12.2. The lowest BCUT2D eigenvalue weighted by molar-refractivity contribution is 0.596. The van der Waals surface area contributed by atoms with Crippen LogP contribution in [0.25, 0.3) is 23.3 Å². The Balaban J connectivity index is 1.28. The molecule has 0 spiro atoms. The maximum atomic E-state index is 13.6. The number of hydrogen-bond donors (Lipinski definition) is 0. The molecule has 0 N–H and O–H groups in total. The molecular weight excluding hydrogens is 545 g/mol.